The van der Waals surface area contributed by atoms with Crippen LogP contribution in [0.3, 0.4) is 0 Å². The maximum Gasteiger partial charge on any atom is 0.393 e. The minimum absolute atomic E-state index is 0.0455. The lowest BCUT2D eigenvalue weighted by Crippen LogP contribution is -2.35. The molecule has 20 heavy (non-hydrogen) atoms. The number of carbonyl (C=O) groups excluding carboxylic acids is 1. The lowest BCUT2D eigenvalue weighted by molar-refractivity contribution is -0.171. The van der Waals surface area contributed by atoms with E-state index in [1.807, 2.05) is 0 Å². The molecule has 7 heteroatoms. The van der Waals surface area contributed by atoms with Crippen molar-refractivity contribution in [3.05, 3.63) is 29.3 Å². The highest BCUT2D eigenvalue weighted by molar-refractivity contribution is 6.30. The van der Waals surface area contributed by atoms with Crippen LogP contribution in [0.4, 0.5) is 13.2 Å². The van der Waals surface area contributed by atoms with Crippen molar-refractivity contribution >= 4 is 17.5 Å². The van der Waals surface area contributed by atoms with Crippen molar-refractivity contribution < 1.29 is 22.7 Å². The molecule has 0 bridgehead atoms. The highest BCUT2D eigenvalue weighted by Gasteiger charge is 2.44. The first-order valence-electron chi connectivity index (χ1n) is 6.09. The highest BCUT2D eigenvalue weighted by atomic mass is 35.5. The van der Waals surface area contributed by atoms with Gasteiger partial charge in [-0.3, -0.25) is 4.79 Å². The fourth-order valence-corrected chi connectivity index (χ4v) is 2.15. The predicted molar refractivity (Wildman–Crippen MR) is 67.7 cm³/mol. The van der Waals surface area contributed by atoms with E-state index in [-0.39, 0.29) is 26.1 Å². The molecule has 1 heterocycles. The zero-order valence-corrected chi connectivity index (χ0v) is 11.2. The van der Waals surface area contributed by atoms with Crippen molar-refractivity contribution in [1.29, 1.82) is 0 Å². The van der Waals surface area contributed by atoms with E-state index >= 15 is 0 Å². The Bertz CT molecular complexity index is 475. The second-order valence-corrected chi connectivity index (χ2v) is 5.05. The van der Waals surface area contributed by atoms with Gasteiger partial charge in [0, 0.05) is 18.1 Å². The average molecular weight is 308 g/mol. The first kappa shape index (κ1) is 15.0. The Morgan fingerprint density at radius 3 is 2.55 bits per heavy atom. The van der Waals surface area contributed by atoms with Gasteiger partial charge in [0.25, 0.3) is 5.91 Å². The molecule has 0 radical (unpaired) electrons. The Morgan fingerprint density at radius 1 is 1.35 bits per heavy atom. The van der Waals surface area contributed by atoms with Gasteiger partial charge in [0.2, 0.25) is 0 Å². The third kappa shape index (κ3) is 3.79. The summed E-state index contributed by atoms with van der Waals surface area (Å²) < 4.78 is 42.7. The van der Waals surface area contributed by atoms with Crippen LogP contribution in [-0.4, -0.2) is 36.7 Å². The van der Waals surface area contributed by atoms with Crippen LogP contribution in [0.15, 0.2) is 24.3 Å². The Labute approximate surface area is 119 Å². The summed E-state index contributed by atoms with van der Waals surface area (Å²) in [6.07, 6.45) is -4.29. The SMILES string of the molecule is O=C(COc1ccc(Cl)cc1)N1CCC(C(F)(F)F)C1. The average Bonchev–Trinajstić information content (AvgIpc) is 2.87. The molecular weight excluding hydrogens is 295 g/mol. The van der Waals surface area contributed by atoms with E-state index < -0.39 is 18.0 Å². The van der Waals surface area contributed by atoms with E-state index in [0.717, 1.165) is 0 Å². The normalized spacial score (nSPS) is 19.2. The molecule has 1 atom stereocenters. The standard InChI is InChI=1S/C13H13ClF3NO2/c14-10-1-3-11(4-2-10)20-8-12(19)18-6-5-9(7-18)13(15,16)17/h1-4,9H,5-8H2. The van der Waals surface area contributed by atoms with Gasteiger partial charge in [-0.25, -0.2) is 0 Å². The lowest BCUT2D eigenvalue weighted by Gasteiger charge is -2.18. The van der Waals surface area contributed by atoms with Crippen LogP contribution >= 0.6 is 11.6 Å². The van der Waals surface area contributed by atoms with Gasteiger partial charge < -0.3 is 9.64 Å². The maximum atomic E-state index is 12.5. The summed E-state index contributed by atoms with van der Waals surface area (Å²) in [6, 6.07) is 6.41. The molecular formula is C13H13ClF3NO2. The van der Waals surface area contributed by atoms with Crippen LogP contribution in [0.1, 0.15) is 6.42 Å². The zero-order chi connectivity index (χ0) is 14.8. The van der Waals surface area contributed by atoms with Gasteiger partial charge in [0.05, 0.1) is 5.92 Å². The van der Waals surface area contributed by atoms with Gasteiger partial charge in [-0.1, -0.05) is 11.6 Å². The van der Waals surface area contributed by atoms with E-state index in [9.17, 15) is 18.0 Å². The molecule has 2 rings (SSSR count). The summed E-state index contributed by atoms with van der Waals surface area (Å²) in [6.45, 7) is -0.439. The number of alkyl halides is 3. The van der Waals surface area contributed by atoms with E-state index in [4.69, 9.17) is 16.3 Å². The fourth-order valence-electron chi connectivity index (χ4n) is 2.02. The van der Waals surface area contributed by atoms with E-state index in [0.29, 0.717) is 10.8 Å². The van der Waals surface area contributed by atoms with Crippen molar-refractivity contribution in [3.8, 4) is 5.75 Å². The van der Waals surface area contributed by atoms with Crippen molar-refractivity contribution in [2.75, 3.05) is 19.7 Å². The Kier molecular flexibility index (Phi) is 4.42. The first-order chi connectivity index (χ1) is 9.36. The summed E-state index contributed by atoms with van der Waals surface area (Å²) in [4.78, 5) is 13.0. The van der Waals surface area contributed by atoms with Crippen LogP contribution in [0.25, 0.3) is 0 Å². The number of benzene rings is 1. The number of likely N-dealkylation sites (tertiary alicyclic amines) is 1. The quantitative estimate of drug-likeness (QED) is 0.858. The second-order valence-electron chi connectivity index (χ2n) is 4.61. The van der Waals surface area contributed by atoms with Crippen LogP contribution < -0.4 is 4.74 Å². The van der Waals surface area contributed by atoms with Crippen LogP contribution in [-0.2, 0) is 4.79 Å². The number of hydrogen-bond acceptors (Lipinski definition) is 2. The fraction of sp³-hybridized carbons (Fsp3) is 0.462. The highest BCUT2D eigenvalue weighted by Crippen LogP contribution is 2.33. The minimum Gasteiger partial charge on any atom is -0.484 e. The molecule has 1 aliphatic rings. The zero-order valence-electron chi connectivity index (χ0n) is 10.5. The Morgan fingerprint density at radius 2 is 2.00 bits per heavy atom. The van der Waals surface area contributed by atoms with Crippen molar-refractivity contribution in [2.24, 2.45) is 5.92 Å². The summed E-state index contributed by atoms with van der Waals surface area (Å²) >= 11 is 5.70. The molecule has 0 aromatic heterocycles. The Hall–Kier alpha value is -1.43. The maximum absolute atomic E-state index is 12.5. The molecule has 1 aliphatic heterocycles. The monoisotopic (exact) mass is 307 g/mol. The van der Waals surface area contributed by atoms with Crippen LogP contribution in [0.2, 0.25) is 5.02 Å². The number of hydrogen-bond donors (Lipinski definition) is 0. The summed E-state index contributed by atoms with van der Waals surface area (Å²) in [7, 11) is 0. The number of ether oxygens (including phenoxy) is 1. The van der Waals surface area contributed by atoms with Gasteiger partial charge >= 0.3 is 6.18 Å². The molecule has 1 unspecified atom stereocenters. The molecule has 1 aromatic rings. The topological polar surface area (TPSA) is 29.5 Å². The molecule has 1 amide bonds. The lowest BCUT2D eigenvalue weighted by atomic mass is 10.1. The largest absolute Gasteiger partial charge is 0.484 e. The predicted octanol–water partition coefficient (Wildman–Crippen LogP) is 3.13. The number of carbonyl (C=O) groups is 1. The number of halogens is 4. The van der Waals surface area contributed by atoms with Gasteiger partial charge in [0.1, 0.15) is 5.75 Å². The van der Waals surface area contributed by atoms with Gasteiger partial charge in [0.15, 0.2) is 6.61 Å². The summed E-state index contributed by atoms with van der Waals surface area (Å²) in [5.74, 6) is -1.41. The molecule has 0 N–H and O–H groups in total. The van der Waals surface area contributed by atoms with Crippen molar-refractivity contribution in [1.82, 2.24) is 4.90 Å². The summed E-state index contributed by atoms with van der Waals surface area (Å²) in [5.41, 5.74) is 0. The Balaban J connectivity index is 1.83. The van der Waals surface area contributed by atoms with E-state index in [2.05, 4.69) is 0 Å². The number of rotatable bonds is 3. The van der Waals surface area contributed by atoms with Gasteiger partial charge in [-0.15, -0.1) is 0 Å². The molecule has 110 valence electrons. The molecule has 1 fully saturated rings. The molecule has 0 aliphatic carbocycles. The molecule has 0 spiro atoms. The van der Waals surface area contributed by atoms with Gasteiger partial charge in [-0.2, -0.15) is 13.2 Å². The molecule has 3 nitrogen and oxygen atoms in total. The van der Waals surface area contributed by atoms with Gasteiger partial charge in [-0.05, 0) is 30.7 Å². The first-order valence-corrected chi connectivity index (χ1v) is 6.47. The van der Waals surface area contributed by atoms with Crippen molar-refractivity contribution in [2.45, 2.75) is 12.6 Å². The molecule has 1 saturated heterocycles. The second kappa shape index (κ2) is 5.91. The van der Waals surface area contributed by atoms with E-state index in [1.165, 1.54) is 4.90 Å². The molecule has 0 saturated carbocycles. The minimum atomic E-state index is -4.24. The van der Waals surface area contributed by atoms with Crippen molar-refractivity contribution in [3.63, 3.8) is 0 Å². The molecule has 1 aromatic carbocycles. The van der Waals surface area contributed by atoms with Crippen LogP contribution in [0, 0.1) is 5.92 Å². The number of amides is 1. The summed E-state index contributed by atoms with van der Waals surface area (Å²) in [5, 5.41) is 0.538. The van der Waals surface area contributed by atoms with E-state index in [1.54, 1.807) is 24.3 Å². The van der Waals surface area contributed by atoms with Crippen LogP contribution in [0.5, 0.6) is 5.75 Å². The smallest absolute Gasteiger partial charge is 0.393 e. The third-order valence-electron chi connectivity index (χ3n) is 3.18. The third-order valence-corrected chi connectivity index (χ3v) is 3.43. The number of nitrogens with zero attached hydrogens (tertiary/aromatic N) is 1.